The summed E-state index contributed by atoms with van der Waals surface area (Å²) in [5.74, 6) is 3.27. The summed E-state index contributed by atoms with van der Waals surface area (Å²) in [5.41, 5.74) is -0.0148. The van der Waals surface area contributed by atoms with Crippen molar-refractivity contribution in [2.75, 3.05) is 44.2 Å². The second-order valence-corrected chi connectivity index (χ2v) is 9.83. The standard InChI is InChI=1S/C21H38N6OS.HI/c1-4-22-19(23-16-20(2,28)18-14-25-26(3)15-18)24-17-21(8-6-5-7-9-21)27-10-12-29-13-11-27;/h14-15,28H,4-13,16-17H2,1-3H3,(H2,22,23,24);1H. The van der Waals surface area contributed by atoms with Crippen molar-refractivity contribution in [3.05, 3.63) is 18.0 Å². The normalized spacial score (nSPS) is 22.1. The third-order valence-corrected chi connectivity index (χ3v) is 7.21. The van der Waals surface area contributed by atoms with Crippen LogP contribution in [0.1, 0.15) is 51.5 Å². The molecule has 1 aliphatic heterocycles. The van der Waals surface area contributed by atoms with Gasteiger partial charge in [0.05, 0.1) is 12.7 Å². The summed E-state index contributed by atoms with van der Waals surface area (Å²) < 4.78 is 1.71. The second kappa shape index (κ2) is 11.9. The average Bonchev–Trinajstić information content (AvgIpc) is 3.19. The van der Waals surface area contributed by atoms with Crippen LogP contribution in [0, 0.1) is 0 Å². The Morgan fingerprint density at radius 3 is 2.57 bits per heavy atom. The maximum atomic E-state index is 10.9. The third-order valence-electron chi connectivity index (χ3n) is 6.27. The first-order chi connectivity index (χ1) is 14.0. The van der Waals surface area contributed by atoms with E-state index in [1.807, 2.05) is 13.2 Å². The molecular formula is C21H39IN6OS. The molecule has 1 aromatic rings. The number of thioether (sulfide) groups is 1. The van der Waals surface area contributed by atoms with Crippen molar-refractivity contribution in [3.63, 3.8) is 0 Å². The molecule has 2 heterocycles. The Balaban J connectivity index is 0.00000320. The van der Waals surface area contributed by atoms with Gasteiger partial charge < -0.3 is 15.7 Å². The number of hydrogen-bond acceptors (Lipinski definition) is 5. The molecule has 9 heteroatoms. The fraction of sp³-hybridized carbons (Fsp3) is 0.810. The quantitative estimate of drug-likeness (QED) is 0.275. The number of guanidine groups is 1. The van der Waals surface area contributed by atoms with E-state index in [2.05, 4.69) is 39.3 Å². The molecule has 0 spiro atoms. The van der Waals surface area contributed by atoms with Crippen LogP contribution in [-0.4, -0.2) is 75.5 Å². The molecule has 3 N–H and O–H groups in total. The van der Waals surface area contributed by atoms with Gasteiger partial charge in [0.2, 0.25) is 0 Å². The number of aliphatic hydroxyl groups is 1. The average molecular weight is 551 g/mol. The van der Waals surface area contributed by atoms with Gasteiger partial charge in [-0.2, -0.15) is 16.9 Å². The SMILES string of the molecule is CCNC(=NCC(C)(O)c1cnn(C)c1)NCC1(N2CCSCC2)CCCCC1.I. The molecule has 1 atom stereocenters. The first-order valence-corrected chi connectivity index (χ1v) is 12.2. The Hall–Kier alpha value is -0.520. The summed E-state index contributed by atoms with van der Waals surface area (Å²) in [6.45, 7) is 8.26. The largest absolute Gasteiger partial charge is 0.383 e. The summed E-state index contributed by atoms with van der Waals surface area (Å²) in [6.07, 6.45) is 10.1. The first kappa shape index (κ1) is 25.7. The summed E-state index contributed by atoms with van der Waals surface area (Å²) >= 11 is 2.07. The summed E-state index contributed by atoms with van der Waals surface area (Å²) in [5, 5.41) is 22.0. The van der Waals surface area contributed by atoms with Crippen LogP contribution in [0.4, 0.5) is 0 Å². The van der Waals surface area contributed by atoms with Gasteiger partial charge in [-0.25, -0.2) is 4.99 Å². The number of aromatic nitrogens is 2. The predicted molar refractivity (Wildman–Crippen MR) is 137 cm³/mol. The maximum absolute atomic E-state index is 10.9. The highest BCUT2D eigenvalue weighted by Gasteiger charge is 2.38. The van der Waals surface area contributed by atoms with Crippen LogP contribution in [0.5, 0.6) is 0 Å². The van der Waals surface area contributed by atoms with Crippen LogP contribution in [0.15, 0.2) is 17.4 Å². The zero-order valence-corrected chi connectivity index (χ0v) is 21.8. The summed E-state index contributed by atoms with van der Waals surface area (Å²) in [7, 11) is 1.86. The van der Waals surface area contributed by atoms with Crippen molar-refractivity contribution in [1.82, 2.24) is 25.3 Å². The number of nitrogens with one attached hydrogen (secondary N) is 2. The highest BCUT2D eigenvalue weighted by atomic mass is 127. The van der Waals surface area contributed by atoms with Gasteiger partial charge >= 0.3 is 0 Å². The topological polar surface area (TPSA) is 77.7 Å². The lowest BCUT2D eigenvalue weighted by molar-refractivity contribution is 0.0618. The van der Waals surface area contributed by atoms with Gasteiger partial charge in [0.15, 0.2) is 5.96 Å². The Labute approximate surface area is 202 Å². The van der Waals surface area contributed by atoms with E-state index < -0.39 is 5.60 Å². The number of hydrogen-bond donors (Lipinski definition) is 3. The van der Waals surface area contributed by atoms with Crippen molar-refractivity contribution < 1.29 is 5.11 Å². The maximum Gasteiger partial charge on any atom is 0.191 e. The van der Waals surface area contributed by atoms with E-state index in [0.29, 0.717) is 6.54 Å². The molecule has 2 fully saturated rings. The molecule has 7 nitrogen and oxygen atoms in total. The summed E-state index contributed by atoms with van der Waals surface area (Å²) in [6, 6.07) is 0. The Morgan fingerprint density at radius 2 is 1.97 bits per heavy atom. The number of nitrogens with zero attached hydrogens (tertiary/aromatic N) is 4. The molecule has 0 aromatic carbocycles. The second-order valence-electron chi connectivity index (χ2n) is 8.61. The fourth-order valence-corrected chi connectivity index (χ4v) is 5.37. The van der Waals surface area contributed by atoms with E-state index in [-0.39, 0.29) is 29.5 Å². The van der Waals surface area contributed by atoms with Crippen LogP contribution < -0.4 is 10.6 Å². The predicted octanol–water partition coefficient (Wildman–Crippen LogP) is 2.55. The van der Waals surface area contributed by atoms with Gasteiger partial charge in [0.1, 0.15) is 5.60 Å². The molecule has 2 aliphatic rings. The minimum atomic E-state index is -1.04. The van der Waals surface area contributed by atoms with E-state index >= 15 is 0 Å². The molecule has 30 heavy (non-hydrogen) atoms. The Kier molecular flexibility index (Phi) is 10.2. The van der Waals surface area contributed by atoms with E-state index in [9.17, 15) is 5.11 Å². The van der Waals surface area contributed by atoms with Crippen molar-refractivity contribution in [3.8, 4) is 0 Å². The van der Waals surface area contributed by atoms with E-state index in [4.69, 9.17) is 4.99 Å². The lowest BCUT2D eigenvalue weighted by Crippen LogP contribution is -2.59. The van der Waals surface area contributed by atoms with Crippen LogP contribution in [0.2, 0.25) is 0 Å². The zero-order chi connectivity index (χ0) is 20.7. The lowest BCUT2D eigenvalue weighted by atomic mass is 9.80. The number of aryl methyl sites for hydroxylation is 1. The molecule has 0 bridgehead atoms. The van der Waals surface area contributed by atoms with E-state index in [1.165, 1.54) is 56.7 Å². The molecule has 1 saturated heterocycles. The van der Waals surface area contributed by atoms with Crippen molar-refractivity contribution in [1.29, 1.82) is 0 Å². The highest BCUT2D eigenvalue weighted by molar-refractivity contribution is 14.0. The van der Waals surface area contributed by atoms with Crippen LogP contribution >= 0.6 is 35.7 Å². The minimum absolute atomic E-state index is 0. The smallest absolute Gasteiger partial charge is 0.191 e. The van der Waals surface area contributed by atoms with Gasteiger partial charge in [-0.05, 0) is 26.7 Å². The van der Waals surface area contributed by atoms with Crippen LogP contribution in [-0.2, 0) is 12.6 Å². The Morgan fingerprint density at radius 1 is 1.27 bits per heavy atom. The van der Waals surface area contributed by atoms with Gasteiger partial charge in [0, 0.05) is 62.0 Å². The molecule has 1 aliphatic carbocycles. The molecule has 1 unspecified atom stereocenters. The highest BCUT2D eigenvalue weighted by Crippen LogP contribution is 2.34. The van der Waals surface area contributed by atoms with Gasteiger partial charge in [-0.1, -0.05) is 19.3 Å². The van der Waals surface area contributed by atoms with E-state index in [1.54, 1.807) is 17.8 Å². The van der Waals surface area contributed by atoms with Crippen molar-refractivity contribution in [2.45, 2.75) is 57.1 Å². The number of rotatable bonds is 7. The van der Waals surface area contributed by atoms with Gasteiger partial charge in [0.25, 0.3) is 0 Å². The lowest BCUT2D eigenvalue weighted by Gasteiger charge is -2.48. The van der Waals surface area contributed by atoms with Crippen molar-refractivity contribution in [2.24, 2.45) is 12.0 Å². The van der Waals surface area contributed by atoms with Crippen molar-refractivity contribution >= 4 is 41.7 Å². The zero-order valence-electron chi connectivity index (χ0n) is 18.7. The number of halogens is 1. The third kappa shape index (κ3) is 6.74. The van der Waals surface area contributed by atoms with Crippen LogP contribution in [0.25, 0.3) is 0 Å². The fourth-order valence-electron chi connectivity index (χ4n) is 4.47. The molecule has 3 rings (SSSR count). The molecule has 0 amide bonds. The molecule has 1 aromatic heterocycles. The summed E-state index contributed by atoms with van der Waals surface area (Å²) in [4.78, 5) is 7.44. The molecule has 1 saturated carbocycles. The van der Waals surface area contributed by atoms with Gasteiger partial charge in [-0.3, -0.25) is 9.58 Å². The molecule has 172 valence electrons. The number of aliphatic imine (C=N–C) groups is 1. The van der Waals surface area contributed by atoms with Gasteiger partial charge in [-0.15, -0.1) is 24.0 Å². The molecule has 0 radical (unpaired) electrons. The van der Waals surface area contributed by atoms with E-state index in [0.717, 1.165) is 24.6 Å². The Bertz CT molecular complexity index is 668. The monoisotopic (exact) mass is 550 g/mol. The first-order valence-electron chi connectivity index (χ1n) is 11.0. The van der Waals surface area contributed by atoms with Crippen LogP contribution in [0.3, 0.4) is 0 Å². The molecular weight excluding hydrogens is 511 g/mol. The minimum Gasteiger partial charge on any atom is -0.383 e.